The number of nitrogen functional groups attached to an aromatic ring is 1. The minimum Gasteiger partial charge on any atom is -0.383 e. The molecule has 0 amide bonds. The normalized spacial score (nSPS) is 15.5. The summed E-state index contributed by atoms with van der Waals surface area (Å²) in [5, 5.41) is 0. The molecule has 1 aliphatic rings. The summed E-state index contributed by atoms with van der Waals surface area (Å²) >= 11 is 2.29. The minimum absolute atomic E-state index is 0.535. The van der Waals surface area contributed by atoms with Crippen LogP contribution in [0.4, 0.5) is 5.82 Å². The van der Waals surface area contributed by atoms with Gasteiger partial charge in [0.25, 0.3) is 0 Å². The summed E-state index contributed by atoms with van der Waals surface area (Å²) in [6.45, 7) is 2.12. The Bertz CT molecular complexity index is 651. The van der Waals surface area contributed by atoms with Gasteiger partial charge in [0, 0.05) is 23.9 Å². The van der Waals surface area contributed by atoms with Gasteiger partial charge in [-0.05, 0) is 53.5 Å². The van der Waals surface area contributed by atoms with E-state index in [1.54, 1.807) is 6.20 Å². The number of pyridine rings is 1. The molecular formula is C16H19IN4. The Hall–Kier alpha value is -1.24. The Morgan fingerprint density at radius 1 is 1.29 bits per heavy atom. The first-order chi connectivity index (χ1) is 10.2. The maximum atomic E-state index is 6.14. The molecule has 0 saturated heterocycles. The molecule has 2 heterocycles. The Labute approximate surface area is 138 Å². The molecule has 2 aromatic rings. The Morgan fingerprint density at radius 2 is 2.05 bits per heavy atom. The maximum absolute atomic E-state index is 6.14. The fourth-order valence-corrected chi connectivity index (χ4v) is 3.68. The van der Waals surface area contributed by atoms with Crippen LogP contribution in [0.15, 0.2) is 18.5 Å². The predicted molar refractivity (Wildman–Crippen MR) is 93.0 cm³/mol. The van der Waals surface area contributed by atoms with Crippen molar-refractivity contribution in [3.8, 4) is 11.4 Å². The van der Waals surface area contributed by atoms with Gasteiger partial charge in [0.05, 0.1) is 9.26 Å². The number of halogens is 1. The molecule has 3 rings (SSSR count). The molecule has 0 aliphatic heterocycles. The van der Waals surface area contributed by atoms with E-state index >= 15 is 0 Å². The fourth-order valence-electron chi connectivity index (χ4n) is 3.00. The zero-order valence-corrected chi connectivity index (χ0v) is 14.3. The third-order valence-electron chi connectivity index (χ3n) is 4.17. The summed E-state index contributed by atoms with van der Waals surface area (Å²) in [5.74, 6) is 1.88. The van der Waals surface area contributed by atoms with Gasteiger partial charge < -0.3 is 5.73 Å². The highest BCUT2D eigenvalue weighted by molar-refractivity contribution is 14.1. The van der Waals surface area contributed by atoms with Gasteiger partial charge >= 0.3 is 0 Å². The highest BCUT2D eigenvalue weighted by Gasteiger charge is 2.23. The van der Waals surface area contributed by atoms with Gasteiger partial charge in [-0.3, -0.25) is 4.98 Å². The summed E-state index contributed by atoms with van der Waals surface area (Å²) in [5.41, 5.74) is 9.49. The summed E-state index contributed by atoms with van der Waals surface area (Å²) in [4.78, 5) is 13.6. The van der Waals surface area contributed by atoms with Crippen molar-refractivity contribution in [1.29, 1.82) is 0 Å². The lowest BCUT2D eigenvalue weighted by Gasteiger charge is -2.15. The summed E-state index contributed by atoms with van der Waals surface area (Å²) < 4.78 is 1.02. The summed E-state index contributed by atoms with van der Waals surface area (Å²) in [6.07, 6.45) is 9.59. The monoisotopic (exact) mass is 394 g/mol. The number of nitrogens with two attached hydrogens (primary N) is 1. The molecule has 110 valence electrons. The van der Waals surface area contributed by atoms with Crippen LogP contribution in [0.3, 0.4) is 0 Å². The molecule has 0 bridgehead atoms. The molecule has 0 spiro atoms. The van der Waals surface area contributed by atoms with Crippen LogP contribution in [0.5, 0.6) is 0 Å². The molecule has 0 unspecified atom stereocenters. The topological polar surface area (TPSA) is 64.7 Å². The van der Waals surface area contributed by atoms with E-state index in [1.807, 2.05) is 12.3 Å². The standard InChI is InChI=1S/C16H19IN4/c1-2-10-9-19-8-7-12(10)16-20-14(11-5-3-4-6-11)13(17)15(18)21-16/h7-9,11H,2-6H2,1H3,(H2,18,20,21). The minimum atomic E-state index is 0.535. The van der Waals surface area contributed by atoms with Gasteiger partial charge in [-0.15, -0.1) is 0 Å². The number of rotatable bonds is 3. The molecule has 21 heavy (non-hydrogen) atoms. The van der Waals surface area contributed by atoms with Crippen LogP contribution < -0.4 is 5.73 Å². The Morgan fingerprint density at radius 3 is 2.76 bits per heavy atom. The number of hydrogen-bond donors (Lipinski definition) is 1. The van der Waals surface area contributed by atoms with Gasteiger partial charge in [-0.2, -0.15) is 0 Å². The zero-order valence-electron chi connectivity index (χ0n) is 12.1. The lowest BCUT2D eigenvalue weighted by atomic mass is 10.0. The molecule has 0 atom stereocenters. The first-order valence-electron chi connectivity index (χ1n) is 7.46. The highest BCUT2D eigenvalue weighted by atomic mass is 127. The van der Waals surface area contributed by atoms with E-state index in [0.717, 1.165) is 32.6 Å². The lowest BCUT2D eigenvalue weighted by Crippen LogP contribution is -2.08. The second-order valence-corrected chi connectivity index (χ2v) is 6.58. The van der Waals surface area contributed by atoms with Gasteiger partial charge in [0.2, 0.25) is 0 Å². The number of aryl methyl sites for hydroxylation is 1. The molecule has 2 N–H and O–H groups in total. The van der Waals surface area contributed by atoms with E-state index in [2.05, 4.69) is 39.5 Å². The molecule has 4 nitrogen and oxygen atoms in total. The van der Waals surface area contributed by atoms with Crippen molar-refractivity contribution in [3.63, 3.8) is 0 Å². The molecule has 1 fully saturated rings. The van der Waals surface area contributed by atoms with E-state index in [9.17, 15) is 0 Å². The van der Waals surface area contributed by atoms with Crippen LogP contribution in [0.25, 0.3) is 11.4 Å². The Balaban J connectivity index is 2.11. The second kappa shape index (κ2) is 6.25. The van der Waals surface area contributed by atoms with Crippen molar-refractivity contribution in [2.45, 2.75) is 44.9 Å². The average molecular weight is 394 g/mol. The maximum Gasteiger partial charge on any atom is 0.162 e. The van der Waals surface area contributed by atoms with E-state index < -0.39 is 0 Å². The van der Waals surface area contributed by atoms with Crippen molar-refractivity contribution >= 4 is 28.4 Å². The SMILES string of the molecule is CCc1cnccc1-c1nc(N)c(I)c(C2CCCC2)n1. The molecular weight excluding hydrogens is 375 g/mol. The molecule has 1 aliphatic carbocycles. The van der Waals surface area contributed by atoms with Crippen LogP contribution in [0.1, 0.15) is 49.8 Å². The van der Waals surface area contributed by atoms with Crippen LogP contribution in [0.2, 0.25) is 0 Å². The average Bonchev–Trinajstić information content (AvgIpc) is 3.04. The van der Waals surface area contributed by atoms with Crippen molar-refractivity contribution in [2.75, 3.05) is 5.73 Å². The molecule has 5 heteroatoms. The van der Waals surface area contributed by atoms with Crippen molar-refractivity contribution < 1.29 is 0 Å². The lowest BCUT2D eigenvalue weighted by molar-refractivity contribution is 0.691. The third kappa shape index (κ3) is 2.88. The molecule has 0 radical (unpaired) electrons. The van der Waals surface area contributed by atoms with Gasteiger partial charge in [-0.1, -0.05) is 19.8 Å². The van der Waals surface area contributed by atoms with Gasteiger partial charge in [-0.25, -0.2) is 9.97 Å². The highest BCUT2D eigenvalue weighted by Crippen LogP contribution is 2.37. The predicted octanol–water partition coefficient (Wildman–Crippen LogP) is 3.95. The van der Waals surface area contributed by atoms with E-state index in [4.69, 9.17) is 10.7 Å². The largest absolute Gasteiger partial charge is 0.383 e. The third-order valence-corrected chi connectivity index (χ3v) is 5.27. The number of anilines is 1. The summed E-state index contributed by atoms with van der Waals surface area (Å²) in [7, 11) is 0. The van der Waals surface area contributed by atoms with Crippen molar-refractivity contribution in [1.82, 2.24) is 15.0 Å². The first kappa shape index (κ1) is 14.7. The second-order valence-electron chi connectivity index (χ2n) is 5.50. The van der Waals surface area contributed by atoms with E-state index in [0.29, 0.717) is 11.7 Å². The molecule has 0 aromatic carbocycles. The quantitative estimate of drug-likeness (QED) is 0.801. The van der Waals surface area contributed by atoms with Crippen molar-refractivity contribution in [3.05, 3.63) is 33.3 Å². The smallest absolute Gasteiger partial charge is 0.162 e. The molecule has 2 aromatic heterocycles. The number of hydrogen-bond acceptors (Lipinski definition) is 4. The summed E-state index contributed by atoms with van der Waals surface area (Å²) in [6, 6.07) is 1.99. The van der Waals surface area contributed by atoms with Crippen LogP contribution >= 0.6 is 22.6 Å². The fraction of sp³-hybridized carbons (Fsp3) is 0.438. The van der Waals surface area contributed by atoms with Gasteiger partial charge in [0.15, 0.2) is 5.82 Å². The molecule has 1 saturated carbocycles. The number of nitrogens with zero attached hydrogens (tertiary/aromatic N) is 3. The number of aromatic nitrogens is 3. The zero-order chi connectivity index (χ0) is 14.8. The van der Waals surface area contributed by atoms with Crippen LogP contribution in [0, 0.1) is 3.57 Å². The van der Waals surface area contributed by atoms with Crippen LogP contribution in [-0.2, 0) is 6.42 Å². The Kier molecular flexibility index (Phi) is 4.37. The van der Waals surface area contributed by atoms with E-state index in [-0.39, 0.29) is 0 Å². The van der Waals surface area contributed by atoms with Gasteiger partial charge in [0.1, 0.15) is 5.82 Å². The first-order valence-corrected chi connectivity index (χ1v) is 8.54. The van der Waals surface area contributed by atoms with Crippen molar-refractivity contribution in [2.24, 2.45) is 0 Å². The van der Waals surface area contributed by atoms with Crippen LogP contribution in [-0.4, -0.2) is 15.0 Å². The van der Waals surface area contributed by atoms with E-state index in [1.165, 1.54) is 25.7 Å².